The van der Waals surface area contributed by atoms with Crippen LogP contribution in [0.4, 0.5) is 0 Å². The maximum absolute atomic E-state index is 9.42. The van der Waals surface area contributed by atoms with Crippen molar-refractivity contribution in [1.82, 2.24) is 9.55 Å². The maximum atomic E-state index is 9.42. The van der Waals surface area contributed by atoms with Crippen molar-refractivity contribution in [2.75, 3.05) is 0 Å². The summed E-state index contributed by atoms with van der Waals surface area (Å²) in [6.45, 7) is 6.28. The smallest absolute Gasteiger partial charge is 0.159 e. The fraction of sp³-hybridized carbons (Fsp3) is 0.120. The molecule has 0 atom stereocenters. The van der Waals surface area contributed by atoms with Gasteiger partial charge in [-0.05, 0) is 55.2 Å². The number of hydrogen-bond donors (Lipinski definition) is 0. The van der Waals surface area contributed by atoms with Gasteiger partial charge in [-0.15, -0.1) is 0 Å². The van der Waals surface area contributed by atoms with Crippen LogP contribution in [0.3, 0.4) is 0 Å². The van der Waals surface area contributed by atoms with E-state index in [2.05, 4.69) is 92.5 Å². The number of aromatic nitrogens is 2. The third-order valence-electron chi connectivity index (χ3n) is 4.97. The molecule has 0 aliphatic rings. The Morgan fingerprint density at radius 3 is 2.04 bits per heavy atom. The van der Waals surface area contributed by atoms with E-state index in [0.717, 1.165) is 28.2 Å². The Kier molecular flexibility index (Phi) is 4.55. The van der Waals surface area contributed by atoms with E-state index in [1.807, 2.05) is 16.8 Å². The molecule has 4 rings (SSSR count). The number of aryl methyl sites for hydroxylation is 3. The maximum Gasteiger partial charge on any atom is 0.159 e. The molecule has 0 saturated heterocycles. The highest BCUT2D eigenvalue weighted by molar-refractivity contribution is 5.70. The van der Waals surface area contributed by atoms with Crippen LogP contribution in [-0.2, 0) is 0 Å². The van der Waals surface area contributed by atoms with Gasteiger partial charge in [-0.1, -0.05) is 60.2 Å². The minimum Gasteiger partial charge on any atom is -0.298 e. The second-order valence-corrected chi connectivity index (χ2v) is 7.12. The van der Waals surface area contributed by atoms with Crippen LogP contribution in [0.25, 0.3) is 28.2 Å². The zero-order valence-corrected chi connectivity index (χ0v) is 16.3. The highest BCUT2D eigenvalue weighted by Crippen LogP contribution is 2.31. The minimum atomic E-state index is 0.418. The molecule has 0 bridgehead atoms. The number of rotatable bonds is 3. The third kappa shape index (κ3) is 3.21. The van der Waals surface area contributed by atoms with Crippen LogP contribution in [0, 0.1) is 32.1 Å². The predicted octanol–water partition coefficient (Wildman–Crippen LogP) is 6.00. The van der Waals surface area contributed by atoms with Gasteiger partial charge in [0.25, 0.3) is 0 Å². The van der Waals surface area contributed by atoms with Crippen LogP contribution >= 0.6 is 0 Å². The summed E-state index contributed by atoms with van der Waals surface area (Å²) in [5.41, 5.74) is 8.37. The molecule has 0 aliphatic carbocycles. The first-order valence-electron chi connectivity index (χ1n) is 9.30. The number of benzene rings is 3. The highest BCUT2D eigenvalue weighted by Gasteiger charge is 2.16. The zero-order chi connectivity index (χ0) is 19.7. The van der Waals surface area contributed by atoms with E-state index in [1.165, 1.54) is 16.7 Å². The van der Waals surface area contributed by atoms with Crippen molar-refractivity contribution in [1.29, 1.82) is 5.26 Å². The fourth-order valence-corrected chi connectivity index (χ4v) is 3.64. The van der Waals surface area contributed by atoms with Crippen molar-refractivity contribution in [3.05, 3.63) is 95.3 Å². The Labute approximate surface area is 165 Å². The molecule has 3 aromatic carbocycles. The zero-order valence-electron chi connectivity index (χ0n) is 16.3. The van der Waals surface area contributed by atoms with Gasteiger partial charge in [-0.2, -0.15) is 5.26 Å². The minimum absolute atomic E-state index is 0.418. The standard InChI is InChI=1S/C25H21N3/c1-17-9-11-21(12-10-17)25-27-23(15-26)16-28(25)24-18(2)13-22(14-19(24)3)20-7-5-4-6-8-20/h4-14,16H,1-3H3. The molecule has 136 valence electrons. The predicted molar refractivity (Wildman–Crippen MR) is 113 cm³/mol. The van der Waals surface area contributed by atoms with Crippen molar-refractivity contribution in [3.63, 3.8) is 0 Å². The summed E-state index contributed by atoms with van der Waals surface area (Å²) < 4.78 is 2.04. The Balaban J connectivity index is 1.89. The van der Waals surface area contributed by atoms with Gasteiger partial charge >= 0.3 is 0 Å². The molecular formula is C25H21N3. The molecular weight excluding hydrogens is 342 g/mol. The molecule has 0 amide bonds. The lowest BCUT2D eigenvalue weighted by molar-refractivity contribution is 1.03. The first-order valence-corrected chi connectivity index (χ1v) is 9.30. The summed E-state index contributed by atoms with van der Waals surface area (Å²) in [5, 5.41) is 9.42. The average molecular weight is 363 g/mol. The molecule has 3 heteroatoms. The largest absolute Gasteiger partial charge is 0.298 e. The Morgan fingerprint density at radius 1 is 0.786 bits per heavy atom. The van der Waals surface area contributed by atoms with Gasteiger partial charge in [0.1, 0.15) is 11.9 Å². The summed E-state index contributed by atoms with van der Waals surface area (Å²) in [7, 11) is 0. The first-order chi connectivity index (χ1) is 13.6. The summed E-state index contributed by atoms with van der Waals surface area (Å²) in [5.74, 6) is 0.787. The Morgan fingerprint density at radius 2 is 1.43 bits per heavy atom. The van der Waals surface area contributed by atoms with Crippen LogP contribution in [0.2, 0.25) is 0 Å². The molecule has 0 radical (unpaired) electrons. The van der Waals surface area contributed by atoms with Crippen LogP contribution < -0.4 is 0 Å². The van der Waals surface area contributed by atoms with Crippen LogP contribution in [0.5, 0.6) is 0 Å². The molecule has 3 nitrogen and oxygen atoms in total. The number of imidazole rings is 1. The first kappa shape index (κ1) is 17.8. The van der Waals surface area contributed by atoms with Crippen LogP contribution in [-0.4, -0.2) is 9.55 Å². The third-order valence-corrected chi connectivity index (χ3v) is 4.97. The van der Waals surface area contributed by atoms with E-state index in [1.54, 1.807) is 0 Å². The van der Waals surface area contributed by atoms with Gasteiger partial charge in [-0.25, -0.2) is 4.98 Å². The molecule has 1 heterocycles. The lowest BCUT2D eigenvalue weighted by Crippen LogP contribution is -2.02. The Bertz CT molecular complexity index is 1150. The summed E-state index contributed by atoms with van der Waals surface area (Å²) in [6, 6.07) is 25.2. The Hall–Kier alpha value is -3.64. The SMILES string of the molecule is Cc1ccc(-c2nc(C#N)cn2-c2c(C)cc(-c3ccccc3)cc2C)cc1. The van der Waals surface area contributed by atoms with E-state index >= 15 is 0 Å². The van der Waals surface area contributed by atoms with Gasteiger partial charge in [0.2, 0.25) is 0 Å². The normalized spacial score (nSPS) is 10.6. The molecule has 0 unspecified atom stereocenters. The van der Waals surface area contributed by atoms with E-state index in [9.17, 15) is 5.26 Å². The van der Waals surface area contributed by atoms with Crippen molar-refractivity contribution >= 4 is 0 Å². The topological polar surface area (TPSA) is 41.6 Å². The van der Waals surface area contributed by atoms with Crippen LogP contribution in [0.15, 0.2) is 72.9 Å². The van der Waals surface area contributed by atoms with E-state index in [0.29, 0.717) is 5.69 Å². The van der Waals surface area contributed by atoms with Gasteiger partial charge < -0.3 is 0 Å². The van der Waals surface area contributed by atoms with Crippen molar-refractivity contribution in [2.24, 2.45) is 0 Å². The molecule has 28 heavy (non-hydrogen) atoms. The average Bonchev–Trinajstić information content (AvgIpc) is 3.12. The monoisotopic (exact) mass is 363 g/mol. The molecule has 1 aromatic heterocycles. The number of nitriles is 1. The van der Waals surface area contributed by atoms with Crippen LogP contribution in [0.1, 0.15) is 22.4 Å². The van der Waals surface area contributed by atoms with Gasteiger partial charge in [-0.3, -0.25) is 4.57 Å². The summed E-state index contributed by atoms with van der Waals surface area (Å²) >= 11 is 0. The molecule has 0 aliphatic heterocycles. The molecule has 0 fully saturated rings. The van der Waals surface area contributed by atoms with Gasteiger partial charge in [0.05, 0.1) is 5.69 Å². The molecule has 0 spiro atoms. The molecule has 0 N–H and O–H groups in total. The van der Waals surface area contributed by atoms with Crippen molar-refractivity contribution in [2.45, 2.75) is 20.8 Å². The van der Waals surface area contributed by atoms with Crippen molar-refractivity contribution in [3.8, 4) is 34.3 Å². The quantitative estimate of drug-likeness (QED) is 0.448. The van der Waals surface area contributed by atoms with E-state index in [-0.39, 0.29) is 0 Å². The fourth-order valence-electron chi connectivity index (χ4n) is 3.64. The summed E-state index contributed by atoms with van der Waals surface area (Å²) in [6.07, 6.45) is 1.83. The van der Waals surface area contributed by atoms with Gasteiger partial charge in [0.15, 0.2) is 5.69 Å². The molecule has 4 aromatic rings. The highest BCUT2D eigenvalue weighted by atomic mass is 15.1. The van der Waals surface area contributed by atoms with E-state index < -0.39 is 0 Å². The second-order valence-electron chi connectivity index (χ2n) is 7.12. The molecule has 0 saturated carbocycles. The summed E-state index contributed by atoms with van der Waals surface area (Å²) in [4.78, 5) is 4.57. The number of nitrogens with zero attached hydrogens (tertiary/aromatic N) is 3. The van der Waals surface area contributed by atoms with E-state index in [4.69, 9.17) is 0 Å². The second kappa shape index (κ2) is 7.17. The lowest BCUT2D eigenvalue weighted by atomic mass is 9.98. The lowest BCUT2D eigenvalue weighted by Gasteiger charge is -2.16. The van der Waals surface area contributed by atoms with Gasteiger partial charge in [0, 0.05) is 11.8 Å². The van der Waals surface area contributed by atoms with Crippen molar-refractivity contribution < 1.29 is 0 Å². The number of hydrogen-bond acceptors (Lipinski definition) is 2.